The third-order valence-electron chi connectivity index (χ3n) is 3.32. The lowest BCUT2D eigenvalue weighted by Gasteiger charge is -2.23. The fourth-order valence-electron chi connectivity index (χ4n) is 2.19. The molecule has 0 radical (unpaired) electrons. The molecule has 1 aromatic rings. The lowest BCUT2D eigenvalue weighted by Crippen LogP contribution is -2.20. The molecule has 0 N–H and O–H groups in total. The van der Waals surface area contributed by atoms with E-state index in [9.17, 15) is 10.1 Å². The average Bonchev–Trinajstić information content (AvgIpc) is 2.34. The van der Waals surface area contributed by atoms with Crippen LogP contribution in [0.3, 0.4) is 0 Å². The molecule has 1 aromatic carbocycles. The highest BCUT2D eigenvalue weighted by atomic mass is 79.9. The minimum Gasteiger partial charge on any atom is -0.496 e. The van der Waals surface area contributed by atoms with Crippen LogP contribution in [-0.4, -0.2) is 16.9 Å². The van der Waals surface area contributed by atoms with Crippen molar-refractivity contribution in [2.45, 2.75) is 32.0 Å². The van der Waals surface area contributed by atoms with E-state index >= 15 is 0 Å². The zero-order valence-electron chi connectivity index (χ0n) is 11.7. The van der Waals surface area contributed by atoms with Gasteiger partial charge in [0, 0.05) is 10.9 Å². The van der Waals surface area contributed by atoms with Crippen molar-refractivity contribution in [2.24, 2.45) is 11.8 Å². The second-order valence-corrected chi connectivity index (χ2v) is 6.53. The van der Waals surface area contributed by atoms with Crippen LogP contribution in [-0.2, 0) is 6.42 Å². The molecule has 0 bridgehead atoms. The number of halogens is 1. The molecule has 19 heavy (non-hydrogen) atoms. The summed E-state index contributed by atoms with van der Waals surface area (Å²) in [7, 11) is 1.52. The standard InChI is InChI=1S/C14H20BrNO3/c1-9(2)14(10(3)15)7-11-5-12(16(17)18)8-13(6-11)19-4/h5-6,8-10,14H,7H2,1-4H3. The Bertz CT molecular complexity index is 438. The maximum absolute atomic E-state index is 10.9. The number of nitro benzene ring substituents is 1. The third kappa shape index (κ3) is 4.49. The minimum absolute atomic E-state index is 0.0825. The molecule has 0 spiro atoms. The van der Waals surface area contributed by atoms with E-state index in [4.69, 9.17) is 4.74 Å². The highest BCUT2D eigenvalue weighted by Gasteiger charge is 2.21. The summed E-state index contributed by atoms with van der Waals surface area (Å²) in [4.78, 5) is 10.9. The van der Waals surface area contributed by atoms with E-state index in [2.05, 4.69) is 36.7 Å². The highest BCUT2D eigenvalue weighted by molar-refractivity contribution is 9.09. The van der Waals surface area contributed by atoms with Crippen LogP contribution < -0.4 is 4.74 Å². The van der Waals surface area contributed by atoms with Crippen molar-refractivity contribution in [1.82, 2.24) is 0 Å². The monoisotopic (exact) mass is 329 g/mol. The predicted molar refractivity (Wildman–Crippen MR) is 80.1 cm³/mol. The number of methoxy groups -OCH3 is 1. The Morgan fingerprint density at radius 1 is 1.32 bits per heavy atom. The molecule has 0 aromatic heterocycles. The number of nitro groups is 1. The number of rotatable bonds is 6. The van der Waals surface area contributed by atoms with Gasteiger partial charge in [-0.05, 0) is 29.9 Å². The topological polar surface area (TPSA) is 52.4 Å². The van der Waals surface area contributed by atoms with Gasteiger partial charge in [0.05, 0.1) is 18.1 Å². The number of hydrogen-bond acceptors (Lipinski definition) is 3. The SMILES string of the molecule is COc1cc(CC(C(C)C)C(C)Br)cc([N+](=O)[O-])c1. The van der Waals surface area contributed by atoms with Crippen LogP contribution >= 0.6 is 15.9 Å². The van der Waals surface area contributed by atoms with E-state index in [0.717, 1.165) is 12.0 Å². The second kappa shape index (κ2) is 6.89. The van der Waals surface area contributed by atoms with Gasteiger partial charge in [-0.3, -0.25) is 10.1 Å². The first kappa shape index (κ1) is 16.0. The summed E-state index contributed by atoms with van der Waals surface area (Å²) in [5.74, 6) is 1.46. The maximum atomic E-state index is 10.9. The van der Waals surface area contributed by atoms with Crippen LogP contribution in [0.5, 0.6) is 5.75 Å². The zero-order valence-corrected chi connectivity index (χ0v) is 13.3. The molecule has 2 unspecified atom stereocenters. The van der Waals surface area contributed by atoms with Gasteiger partial charge in [0.15, 0.2) is 0 Å². The van der Waals surface area contributed by atoms with E-state index < -0.39 is 0 Å². The van der Waals surface area contributed by atoms with Crippen LogP contribution in [0, 0.1) is 22.0 Å². The molecule has 4 nitrogen and oxygen atoms in total. The van der Waals surface area contributed by atoms with Crippen LogP contribution in [0.2, 0.25) is 0 Å². The second-order valence-electron chi connectivity index (χ2n) is 5.09. The fourth-order valence-corrected chi connectivity index (χ4v) is 2.98. The van der Waals surface area contributed by atoms with Crippen molar-refractivity contribution >= 4 is 21.6 Å². The molecule has 0 saturated carbocycles. The molecule has 5 heteroatoms. The lowest BCUT2D eigenvalue weighted by molar-refractivity contribution is -0.385. The summed E-state index contributed by atoms with van der Waals surface area (Å²) in [6.45, 7) is 6.44. The molecule has 0 aliphatic rings. The maximum Gasteiger partial charge on any atom is 0.273 e. The van der Waals surface area contributed by atoms with Crippen molar-refractivity contribution in [3.05, 3.63) is 33.9 Å². The molecule has 0 amide bonds. The number of ether oxygens (including phenoxy) is 1. The van der Waals surface area contributed by atoms with Gasteiger partial charge < -0.3 is 4.74 Å². The van der Waals surface area contributed by atoms with Crippen molar-refractivity contribution in [3.8, 4) is 5.75 Å². The van der Waals surface area contributed by atoms with Crippen molar-refractivity contribution < 1.29 is 9.66 Å². The summed E-state index contributed by atoms with van der Waals surface area (Å²) in [5.41, 5.74) is 1.02. The van der Waals surface area contributed by atoms with Gasteiger partial charge >= 0.3 is 0 Å². The predicted octanol–water partition coefficient (Wildman–Crippen LogP) is 4.20. The molecule has 0 heterocycles. The van der Waals surface area contributed by atoms with Gasteiger partial charge in [-0.2, -0.15) is 0 Å². The molecule has 0 aliphatic heterocycles. The van der Waals surface area contributed by atoms with Crippen LogP contribution in [0.4, 0.5) is 5.69 Å². The van der Waals surface area contributed by atoms with Crippen LogP contribution in [0.15, 0.2) is 18.2 Å². The highest BCUT2D eigenvalue weighted by Crippen LogP contribution is 2.29. The largest absolute Gasteiger partial charge is 0.496 e. The summed E-state index contributed by atoms with van der Waals surface area (Å²) >= 11 is 3.62. The third-order valence-corrected chi connectivity index (χ3v) is 3.99. The Kier molecular flexibility index (Phi) is 5.79. The first-order valence-corrected chi connectivity index (χ1v) is 7.23. The normalized spacial score (nSPS) is 14.2. The molecule has 1 rings (SSSR count). The summed E-state index contributed by atoms with van der Waals surface area (Å²) in [6, 6.07) is 4.95. The molecular weight excluding hydrogens is 310 g/mol. The Morgan fingerprint density at radius 2 is 1.95 bits per heavy atom. The molecule has 106 valence electrons. The van der Waals surface area contributed by atoms with Crippen molar-refractivity contribution in [1.29, 1.82) is 0 Å². The van der Waals surface area contributed by atoms with Crippen molar-refractivity contribution in [2.75, 3.05) is 7.11 Å². The summed E-state index contributed by atoms with van der Waals surface area (Å²) < 4.78 is 5.13. The van der Waals surface area contributed by atoms with E-state index in [1.165, 1.54) is 13.2 Å². The number of alkyl halides is 1. The first-order valence-electron chi connectivity index (χ1n) is 6.31. The number of nitrogens with zero attached hydrogens (tertiary/aromatic N) is 1. The van der Waals surface area contributed by atoms with E-state index in [1.54, 1.807) is 6.07 Å². The molecule has 0 saturated heterocycles. The quantitative estimate of drug-likeness (QED) is 0.446. The Morgan fingerprint density at radius 3 is 2.37 bits per heavy atom. The van der Waals surface area contributed by atoms with Gasteiger partial charge in [-0.25, -0.2) is 0 Å². The van der Waals surface area contributed by atoms with Crippen molar-refractivity contribution in [3.63, 3.8) is 0 Å². The van der Waals surface area contributed by atoms with Gasteiger partial charge in [0.2, 0.25) is 0 Å². The fraction of sp³-hybridized carbons (Fsp3) is 0.571. The first-order chi connectivity index (χ1) is 8.85. The zero-order chi connectivity index (χ0) is 14.6. The number of non-ortho nitro benzene ring substituents is 1. The molecule has 0 aliphatic carbocycles. The number of hydrogen-bond donors (Lipinski definition) is 0. The van der Waals surface area contributed by atoms with Gasteiger partial charge in [-0.1, -0.05) is 36.7 Å². The Labute approximate surface area is 122 Å². The van der Waals surface area contributed by atoms with Gasteiger partial charge in [0.25, 0.3) is 5.69 Å². The minimum atomic E-state index is -0.381. The van der Waals surface area contributed by atoms with Crippen LogP contribution in [0.1, 0.15) is 26.3 Å². The molecule has 2 atom stereocenters. The Balaban J connectivity index is 3.05. The van der Waals surface area contributed by atoms with Gasteiger partial charge in [-0.15, -0.1) is 0 Å². The lowest BCUT2D eigenvalue weighted by atomic mass is 9.87. The molecule has 0 fully saturated rings. The van der Waals surface area contributed by atoms with Gasteiger partial charge in [0.1, 0.15) is 5.75 Å². The number of benzene rings is 1. The molecular formula is C14H20BrNO3. The summed E-state index contributed by atoms with van der Waals surface area (Å²) in [5, 5.41) is 10.9. The van der Waals surface area contributed by atoms with E-state index in [1.807, 2.05) is 6.07 Å². The smallest absolute Gasteiger partial charge is 0.273 e. The Hall–Kier alpha value is -1.10. The van der Waals surface area contributed by atoms with Crippen LogP contribution in [0.25, 0.3) is 0 Å². The van der Waals surface area contributed by atoms with E-state index in [0.29, 0.717) is 22.4 Å². The van der Waals surface area contributed by atoms with E-state index in [-0.39, 0.29) is 10.6 Å². The average molecular weight is 330 g/mol. The summed E-state index contributed by atoms with van der Waals surface area (Å²) in [6.07, 6.45) is 0.794.